The third-order valence-electron chi connectivity index (χ3n) is 5.70. The summed E-state index contributed by atoms with van der Waals surface area (Å²) in [6, 6.07) is 6.65. The molecule has 2 aliphatic rings. The number of hydrogen-bond donors (Lipinski definition) is 4. The zero-order valence-corrected chi connectivity index (χ0v) is 15.2. The van der Waals surface area contributed by atoms with Crippen LogP contribution in [-0.2, 0) is 12.8 Å². The molecule has 0 radical (unpaired) electrons. The van der Waals surface area contributed by atoms with Crippen LogP contribution < -0.4 is 15.8 Å². The van der Waals surface area contributed by atoms with Crippen molar-refractivity contribution in [2.75, 3.05) is 25.0 Å². The normalized spacial score (nSPS) is 18.7. The summed E-state index contributed by atoms with van der Waals surface area (Å²) in [5.41, 5.74) is 2.82. The Kier molecular flexibility index (Phi) is 4.39. The largest absolute Gasteiger partial charge is 0.506 e. The monoisotopic (exact) mass is 369 g/mol. The highest BCUT2D eigenvalue weighted by molar-refractivity contribution is 5.92. The van der Waals surface area contributed by atoms with Crippen LogP contribution in [0.4, 0.5) is 5.69 Å². The standard InChI is InChI=1S/C20H23N3O4/c1-21-12-7-8-23(10-12)13-5-6-14-11(9-13)3-2-4-15-17(14)22-19(25)16(18(15)24)20(26)27/h5-6,9,12,21H,2-4,7-8,10H2,1H3,(H,26,27)(H2,22,24,25). The fourth-order valence-corrected chi connectivity index (χ4v) is 4.21. The predicted molar refractivity (Wildman–Crippen MR) is 103 cm³/mol. The van der Waals surface area contributed by atoms with Crippen molar-refractivity contribution in [2.24, 2.45) is 0 Å². The van der Waals surface area contributed by atoms with Crippen LogP contribution in [0.15, 0.2) is 23.0 Å². The van der Waals surface area contributed by atoms with Gasteiger partial charge in [-0.25, -0.2) is 4.79 Å². The van der Waals surface area contributed by atoms with Gasteiger partial charge < -0.3 is 25.4 Å². The van der Waals surface area contributed by atoms with E-state index >= 15 is 0 Å². The number of aromatic hydroxyl groups is 1. The molecule has 0 bridgehead atoms. The molecule has 0 saturated carbocycles. The van der Waals surface area contributed by atoms with Crippen molar-refractivity contribution < 1.29 is 15.0 Å². The van der Waals surface area contributed by atoms with E-state index in [9.17, 15) is 19.8 Å². The molecule has 0 spiro atoms. The van der Waals surface area contributed by atoms with Gasteiger partial charge in [0.25, 0.3) is 5.56 Å². The molecule has 4 rings (SSSR count). The number of pyridine rings is 1. The molecule has 4 N–H and O–H groups in total. The second-order valence-corrected chi connectivity index (χ2v) is 7.25. The van der Waals surface area contributed by atoms with E-state index in [0.29, 0.717) is 23.7 Å². The van der Waals surface area contributed by atoms with E-state index in [0.717, 1.165) is 49.2 Å². The molecular formula is C20H23N3O4. The molecule has 0 amide bonds. The molecule has 1 aliphatic heterocycles. The van der Waals surface area contributed by atoms with E-state index in [1.54, 1.807) is 0 Å². The lowest BCUT2D eigenvalue weighted by Gasteiger charge is -2.21. The minimum atomic E-state index is -1.41. The summed E-state index contributed by atoms with van der Waals surface area (Å²) in [6.07, 6.45) is 3.22. The average Bonchev–Trinajstić information content (AvgIpc) is 3.04. The van der Waals surface area contributed by atoms with E-state index < -0.39 is 22.8 Å². The Hall–Kier alpha value is -2.80. The SMILES string of the molecule is CNC1CCN(c2ccc3c(c2)CCCc2c-3[nH]c(=O)c(C(=O)O)c2O)C1. The first-order chi connectivity index (χ1) is 13.0. The Morgan fingerprint density at radius 2 is 2.15 bits per heavy atom. The van der Waals surface area contributed by atoms with Crippen molar-refractivity contribution in [3.63, 3.8) is 0 Å². The molecule has 7 heteroatoms. The van der Waals surface area contributed by atoms with Crippen molar-refractivity contribution in [1.82, 2.24) is 10.3 Å². The van der Waals surface area contributed by atoms with E-state index in [1.807, 2.05) is 19.2 Å². The summed E-state index contributed by atoms with van der Waals surface area (Å²) in [7, 11) is 1.98. The first-order valence-electron chi connectivity index (χ1n) is 9.26. The first-order valence-corrected chi connectivity index (χ1v) is 9.26. The number of aromatic amines is 1. The molecule has 1 unspecified atom stereocenters. The Morgan fingerprint density at radius 3 is 2.85 bits per heavy atom. The molecule has 1 aromatic heterocycles. The van der Waals surface area contributed by atoms with Gasteiger partial charge in [0.15, 0.2) is 5.56 Å². The second kappa shape index (κ2) is 6.74. The number of rotatable bonds is 3. The summed E-state index contributed by atoms with van der Waals surface area (Å²) in [6.45, 7) is 1.96. The van der Waals surface area contributed by atoms with Gasteiger partial charge in [0.1, 0.15) is 5.75 Å². The zero-order valence-electron chi connectivity index (χ0n) is 15.2. The lowest BCUT2D eigenvalue weighted by molar-refractivity contribution is 0.0691. The summed E-state index contributed by atoms with van der Waals surface area (Å²) in [5.74, 6) is -1.82. The van der Waals surface area contributed by atoms with Crippen LogP contribution >= 0.6 is 0 Å². The van der Waals surface area contributed by atoms with Crippen molar-refractivity contribution in [3.8, 4) is 17.0 Å². The molecule has 1 saturated heterocycles. The quantitative estimate of drug-likeness (QED) is 0.657. The summed E-state index contributed by atoms with van der Waals surface area (Å²) in [4.78, 5) is 28.6. The Balaban J connectivity index is 1.79. The minimum absolute atomic E-state index is 0.408. The van der Waals surface area contributed by atoms with Crippen LogP contribution in [-0.4, -0.2) is 47.3 Å². The molecule has 7 nitrogen and oxygen atoms in total. The molecular weight excluding hydrogens is 346 g/mol. The molecule has 142 valence electrons. The number of hydrogen-bond acceptors (Lipinski definition) is 5. The number of nitrogens with zero attached hydrogens (tertiary/aromatic N) is 1. The number of carbonyl (C=O) groups is 1. The van der Waals surface area contributed by atoms with Gasteiger partial charge in [-0.05, 0) is 50.4 Å². The van der Waals surface area contributed by atoms with Crippen LogP contribution in [0.3, 0.4) is 0 Å². The highest BCUT2D eigenvalue weighted by Crippen LogP contribution is 2.37. The lowest BCUT2D eigenvalue weighted by Crippen LogP contribution is -2.29. The number of carboxylic acid groups (broad SMARTS) is 1. The average molecular weight is 369 g/mol. The molecule has 27 heavy (non-hydrogen) atoms. The summed E-state index contributed by atoms with van der Waals surface area (Å²) in [5, 5.41) is 22.9. The van der Waals surface area contributed by atoms with Crippen LogP contribution in [0.2, 0.25) is 0 Å². The number of aromatic nitrogens is 1. The maximum absolute atomic E-state index is 12.2. The molecule has 2 aromatic rings. The number of aromatic carboxylic acids is 1. The number of aryl methyl sites for hydroxylation is 1. The number of anilines is 1. The van der Waals surface area contributed by atoms with Gasteiger partial charge in [0.2, 0.25) is 0 Å². The number of nitrogens with one attached hydrogen (secondary N) is 2. The number of fused-ring (bicyclic) bond motifs is 3. The van der Waals surface area contributed by atoms with Crippen molar-refractivity contribution in [1.29, 1.82) is 0 Å². The Labute approximate surface area is 156 Å². The van der Waals surface area contributed by atoms with E-state index in [2.05, 4.69) is 21.3 Å². The van der Waals surface area contributed by atoms with Crippen molar-refractivity contribution in [3.05, 3.63) is 45.2 Å². The minimum Gasteiger partial charge on any atom is -0.506 e. The van der Waals surface area contributed by atoms with Gasteiger partial charge in [-0.3, -0.25) is 4.79 Å². The maximum atomic E-state index is 12.2. The lowest BCUT2D eigenvalue weighted by atomic mass is 9.99. The highest BCUT2D eigenvalue weighted by Gasteiger charge is 2.26. The molecule has 1 fully saturated rings. The van der Waals surface area contributed by atoms with E-state index in [1.165, 1.54) is 0 Å². The Bertz CT molecular complexity index is 966. The second-order valence-electron chi connectivity index (χ2n) is 7.25. The van der Waals surface area contributed by atoms with Crippen molar-refractivity contribution >= 4 is 11.7 Å². The van der Waals surface area contributed by atoms with Gasteiger partial charge in [-0.15, -0.1) is 0 Å². The fourth-order valence-electron chi connectivity index (χ4n) is 4.21. The van der Waals surface area contributed by atoms with Crippen LogP contribution in [0.5, 0.6) is 5.75 Å². The molecule has 1 aromatic carbocycles. The fraction of sp³-hybridized carbons (Fsp3) is 0.400. The topological polar surface area (TPSA) is 106 Å². The van der Waals surface area contributed by atoms with Gasteiger partial charge in [0, 0.05) is 35.9 Å². The third kappa shape index (κ3) is 2.98. The first kappa shape index (κ1) is 17.6. The summed E-state index contributed by atoms with van der Waals surface area (Å²) < 4.78 is 0. The smallest absolute Gasteiger partial charge is 0.345 e. The predicted octanol–water partition coefficient (Wildman–Crippen LogP) is 1.73. The summed E-state index contributed by atoms with van der Waals surface area (Å²) >= 11 is 0. The molecule has 1 atom stereocenters. The van der Waals surface area contributed by atoms with Crippen LogP contribution in [0, 0.1) is 0 Å². The van der Waals surface area contributed by atoms with E-state index in [4.69, 9.17) is 0 Å². The number of likely N-dealkylation sites (N-methyl/N-ethyl adjacent to an activating group) is 1. The van der Waals surface area contributed by atoms with Gasteiger partial charge in [-0.2, -0.15) is 0 Å². The number of H-pyrrole nitrogens is 1. The van der Waals surface area contributed by atoms with Crippen molar-refractivity contribution in [2.45, 2.75) is 31.7 Å². The third-order valence-corrected chi connectivity index (χ3v) is 5.70. The maximum Gasteiger partial charge on any atom is 0.345 e. The van der Waals surface area contributed by atoms with Gasteiger partial charge in [0.05, 0.1) is 5.69 Å². The number of benzene rings is 1. The van der Waals surface area contributed by atoms with Gasteiger partial charge in [-0.1, -0.05) is 6.07 Å². The molecule has 1 aliphatic carbocycles. The van der Waals surface area contributed by atoms with Crippen LogP contribution in [0.25, 0.3) is 11.3 Å². The van der Waals surface area contributed by atoms with Crippen LogP contribution in [0.1, 0.15) is 34.3 Å². The molecule has 2 heterocycles. The van der Waals surface area contributed by atoms with E-state index in [-0.39, 0.29) is 0 Å². The number of carboxylic acids is 1. The van der Waals surface area contributed by atoms with Gasteiger partial charge >= 0.3 is 5.97 Å². The highest BCUT2D eigenvalue weighted by atomic mass is 16.4. The zero-order chi connectivity index (χ0) is 19.1. The Morgan fingerprint density at radius 1 is 1.33 bits per heavy atom.